The first-order valence-electron chi connectivity index (χ1n) is 10.5. The minimum atomic E-state index is -0.788. The first kappa shape index (κ1) is 24.6. The molecule has 0 saturated heterocycles. The van der Waals surface area contributed by atoms with E-state index in [1.165, 1.54) is 0 Å². The lowest BCUT2D eigenvalue weighted by molar-refractivity contribution is -0.135. The van der Waals surface area contributed by atoms with Gasteiger partial charge in [0.15, 0.2) is 0 Å². The Bertz CT molecular complexity index is 889. The molecule has 0 saturated carbocycles. The van der Waals surface area contributed by atoms with Gasteiger partial charge < -0.3 is 11.1 Å². The molecule has 166 valence electrons. The second-order valence-corrected chi connectivity index (χ2v) is 9.39. The average molecular weight is 443 g/mol. The number of primary amides is 1. The van der Waals surface area contributed by atoms with E-state index in [-0.39, 0.29) is 24.5 Å². The molecule has 6 heteroatoms. The highest BCUT2D eigenvalue weighted by Gasteiger charge is 2.34. The minimum absolute atomic E-state index is 0.0442. The zero-order valence-electron chi connectivity index (χ0n) is 18.4. The molecule has 0 aromatic heterocycles. The van der Waals surface area contributed by atoms with E-state index in [4.69, 9.17) is 17.3 Å². The number of hydrogen-bond donors (Lipinski definition) is 2. The topological polar surface area (TPSA) is 89.3 Å². The Morgan fingerprint density at radius 3 is 2.13 bits per heavy atom. The Balaban J connectivity index is 2.03. The fourth-order valence-electron chi connectivity index (χ4n) is 3.44. The zero-order chi connectivity index (χ0) is 23.0. The third kappa shape index (κ3) is 8.18. The van der Waals surface area contributed by atoms with Gasteiger partial charge in [-0.15, -0.1) is 0 Å². The van der Waals surface area contributed by atoms with Crippen LogP contribution in [-0.2, 0) is 27.2 Å². The van der Waals surface area contributed by atoms with E-state index in [1.54, 1.807) is 24.3 Å². The van der Waals surface area contributed by atoms with Crippen molar-refractivity contribution in [2.45, 2.75) is 52.5 Å². The first-order valence-corrected chi connectivity index (χ1v) is 10.8. The number of carbonyl (C=O) groups excluding carboxylic acids is 3. The summed E-state index contributed by atoms with van der Waals surface area (Å²) in [6, 6.07) is 16.0. The molecular weight excluding hydrogens is 412 g/mol. The number of Topliss-reactive ketones (excluding diaryl/α,β-unsaturated/α-hetero) is 1. The average Bonchev–Trinajstić information content (AvgIpc) is 2.70. The van der Waals surface area contributed by atoms with Crippen LogP contribution in [0.5, 0.6) is 0 Å². The minimum Gasteiger partial charge on any atom is -0.368 e. The van der Waals surface area contributed by atoms with Crippen LogP contribution in [0, 0.1) is 11.3 Å². The number of rotatable bonds is 10. The van der Waals surface area contributed by atoms with Gasteiger partial charge in [-0.25, -0.2) is 0 Å². The van der Waals surface area contributed by atoms with E-state index in [2.05, 4.69) is 5.32 Å². The van der Waals surface area contributed by atoms with Crippen molar-refractivity contribution in [1.29, 1.82) is 0 Å². The van der Waals surface area contributed by atoms with Crippen LogP contribution in [0.2, 0.25) is 5.02 Å². The summed E-state index contributed by atoms with van der Waals surface area (Å²) in [7, 11) is 0. The van der Waals surface area contributed by atoms with Crippen molar-refractivity contribution in [2.24, 2.45) is 17.1 Å². The Hall–Kier alpha value is -2.66. The van der Waals surface area contributed by atoms with E-state index < -0.39 is 23.3 Å². The lowest BCUT2D eigenvalue weighted by Gasteiger charge is -2.30. The number of aryl methyl sites for hydroxylation is 1. The van der Waals surface area contributed by atoms with Crippen molar-refractivity contribution in [1.82, 2.24) is 5.32 Å². The highest BCUT2D eigenvalue weighted by molar-refractivity contribution is 6.30. The SMILES string of the molecule is CC(C)(C)C(CC(=O)Cc1ccc(Cl)cc1)C(=O)NC(CCc1ccccc1)C(N)=O. The molecular formula is C25H31ClN2O3. The van der Waals surface area contributed by atoms with Crippen LogP contribution in [0.15, 0.2) is 54.6 Å². The third-order valence-corrected chi connectivity index (χ3v) is 5.58. The molecule has 0 aliphatic heterocycles. The van der Waals surface area contributed by atoms with Crippen molar-refractivity contribution in [2.75, 3.05) is 0 Å². The summed E-state index contributed by atoms with van der Waals surface area (Å²) in [6.45, 7) is 5.74. The summed E-state index contributed by atoms with van der Waals surface area (Å²) in [5.74, 6) is -1.53. The van der Waals surface area contributed by atoms with E-state index in [1.807, 2.05) is 51.1 Å². The van der Waals surface area contributed by atoms with Crippen molar-refractivity contribution < 1.29 is 14.4 Å². The summed E-state index contributed by atoms with van der Waals surface area (Å²) in [5.41, 5.74) is 7.00. The maximum atomic E-state index is 13.1. The molecule has 5 nitrogen and oxygen atoms in total. The molecule has 0 bridgehead atoms. The fourth-order valence-corrected chi connectivity index (χ4v) is 3.56. The van der Waals surface area contributed by atoms with Crippen LogP contribution in [0.4, 0.5) is 0 Å². The lowest BCUT2D eigenvalue weighted by Crippen LogP contribution is -2.49. The van der Waals surface area contributed by atoms with Gasteiger partial charge in [0.1, 0.15) is 11.8 Å². The Morgan fingerprint density at radius 2 is 1.58 bits per heavy atom. The molecule has 0 spiro atoms. The zero-order valence-corrected chi connectivity index (χ0v) is 19.1. The van der Waals surface area contributed by atoms with Gasteiger partial charge in [-0.2, -0.15) is 0 Å². The van der Waals surface area contributed by atoms with Gasteiger partial charge >= 0.3 is 0 Å². The number of nitrogens with two attached hydrogens (primary N) is 1. The highest BCUT2D eigenvalue weighted by Crippen LogP contribution is 2.30. The van der Waals surface area contributed by atoms with Gasteiger partial charge in [0.25, 0.3) is 0 Å². The molecule has 31 heavy (non-hydrogen) atoms. The first-order chi connectivity index (χ1) is 14.6. The molecule has 2 aromatic rings. The standard InChI is InChI=1S/C25H31ClN2O3/c1-25(2,3)21(16-20(29)15-18-9-12-19(26)13-10-18)24(31)28-22(23(27)30)14-11-17-7-5-4-6-8-17/h4-10,12-13,21-22H,11,14-16H2,1-3H3,(H2,27,30)(H,28,31). The molecule has 2 unspecified atom stereocenters. The Labute approximate surface area is 189 Å². The molecule has 3 N–H and O–H groups in total. The maximum Gasteiger partial charge on any atom is 0.240 e. The summed E-state index contributed by atoms with van der Waals surface area (Å²) in [4.78, 5) is 37.7. The predicted octanol–water partition coefficient (Wildman–Crippen LogP) is 4.11. The van der Waals surface area contributed by atoms with Crippen molar-refractivity contribution in [3.8, 4) is 0 Å². The van der Waals surface area contributed by atoms with Gasteiger partial charge in [-0.05, 0) is 41.5 Å². The van der Waals surface area contributed by atoms with Gasteiger partial charge in [-0.3, -0.25) is 14.4 Å². The smallest absolute Gasteiger partial charge is 0.240 e. The van der Waals surface area contributed by atoms with E-state index in [0.29, 0.717) is 17.9 Å². The van der Waals surface area contributed by atoms with Gasteiger partial charge in [0, 0.05) is 23.8 Å². The number of ketones is 1. The van der Waals surface area contributed by atoms with E-state index in [0.717, 1.165) is 11.1 Å². The molecule has 0 aliphatic rings. The monoisotopic (exact) mass is 442 g/mol. The molecule has 0 heterocycles. The molecule has 0 aliphatic carbocycles. The number of hydrogen-bond acceptors (Lipinski definition) is 3. The number of amides is 2. The second kappa shape index (κ2) is 11.1. The quantitative estimate of drug-likeness (QED) is 0.580. The van der Waals surface area contributed by atoms with E-state index >= 15 is 0 Å². The maximum absolute atomic E-state index is 13.1. The van der Waals surface area contributed by atoms with Crippen LogP contribution in [-0.4, -0.2) is 23.6 Å². The van der Waals surface area contributed by atoms with Crippen LogP contribution in [0.3, 0.4) is 0 Å². The molecule has 0 fully saturated rings. The molecule has 0 radical (unpaired) electrons. The fraction of sp³-hybridized carbons (Fsp3) is 0.400. The van der Waals surface area contributed by atoms with Crippen LogP contribution >= 0.6 is 11.6 Å². The van der Waals surface area contributed by atoms with Gasteiger partial charge in [-0.1, -0.05) is 74.8 Å². The van der Waals surface area contributed by atoms with Crippen LogP contribution in [0.1, 0.15) is 44.7 Å². The van der Waals surface area contributed by atoms with Crippen molar-refractivity contribution in [3.05, 3.63) is 70.7 Å². The number of carbonyl (C=O) groups is 3. The summed E-state index contributed by atoms with van der Waals surface area (Å²) in [6.07, 6.45) is 1.33. The number of nitrogens with one attached hydrogen (secondary N) is 1. The molecule has 2 aromatic carbocycles. The molecule has 2 rings (SSSR count). The van der Waals surface area contributed by atoms with E-state index in [9.17, 15) is 14.4 Å². The highest BCUT2D eigenvalue weighted by atomic mass is 35.5. The third-order valence-electron chi connectivity index (χ3n) is 5.33. The largest absolute Gasteiger partial charge is 0.368 e. The predicted molar refractivity (Wildman–Crippen MR) is 124 cm³/mol. The number of benzene rings is 2. The molecule has 2 amide bonds. The lowest BCUT2D eigenvalue weighted by atomic mass is 9.76. The normalized spacial score (nSPS) is 13.3. The Kier molecular flexibility index (Phi) is 8.81. The second-order valence-electron chi connectivity index (χ2n) is 8.95. The van der Waals surface area contributed by atoms with Crippen molar-refractivity contribution >= 4 is 29.2 Å². The van der Waals surface area contributed by atoms with Gasteiger partial charge in [0.2, 0.25) is 11.8 Å². The van der Waals surface area contributed by atoms with Crippen LogP contribution < -0.4 is 11.1 Å². The summed E-state index contributed by atoms with van der Waals surface area (Å²) in [5, 5.41) is 3.39. The van der Waals surface area contributed by atoms with Crippen LogP contribution in [0.25, 0.3) is 0 Å². The summed E-state index contributed by atoms with van der Waals surface area (Å²) < 4.78 is 0. The number of halogens is 1. The molecule has 2 atom stereocenters. The van der Waals surface area contributed by atoms with Gasteiger partial charge in [0.05, 0.1) is 0 Å². The Morgan fingerprint density at radius 1 is 0.968 bits per heavy atom. The summed E-state index contributed by atoms with van der Waals surface area (Å²) >= 11 is 5.90. The van der Waals surface area contributed by atoms with Crippen molar-refractivity contribution in [3.63, 3.8) is 0 Å².